The molecule has 0 unspecified atom stereocenters. The maximum absolute atomic E-state index is 12.4. The number of carbonyl (C=O) groups is 2. The Balaban J connectivity index is 1.93. The van der Waals surface area contributed by atoms with E-state index < -0.39 is 5.92 Å². The second kappa shape index (κ2) is 6.14. The third kappa shape index (κ3) is 2.73. The van der Waals surface area contributed by atoms with Gasteiger partial charge in [-0.1, -0.05) is 46.8 Å². The van der Waals surface area contributed by atoms with Crippen molar-refractivity contribution in [3.8, 4) is 0 Å². The van der Waals surface area contributed by atoms with Crippen LogP contribution in [0.5, 0.6) is 0 Å². The molecule has 0 radical (unpaired) electrons. The monoisotopic (exact) mass is 396 g/mol. The summed E-state index contributed by atoms with van der Waals surface area (Å²) < 4.78 is 1.46. The van der Waals surface area contributed by atoms with Gasteiger partial charge in [-0.2, -0.15) is 0 Å². The van der Waals surface area contributed by atoms with Gasteiger partial charge in [-0.25, -0.2) is 0 Å². The maximum atomic E-state index is 12.4. The van der Waals surface area contributed by atoms with E-state index >= 15 is 0 Å². The topological polar surface area (TPSA) is 49.4 Å². The highest BCUT2D eigenvalue weighted by Gasteiger charge is 2.35. The van der Waals surface area contributed by atoms with Gasteiger partial charge in [-0.05, 0) is 36.3 Å². The second-order valence-electron chi connectivity index (χ2n) is 5.05. The minimum absolute atomic E-state index is 0.104. The lowest BCUT2D eigenvalue weighted by Gasteiger charge is -2.12. The Kier molecular flexibility index (Phi) is 4.38. The molecule has 0 aromatic heterocycles. The van der Waals surface area contributed by atoms with Crippen molar-refractivity contribution in [2.75, 3.05) is 11.9 Å². The number of nitrogens with one attached hydrogen (secondary N) is 1. The molecule has 0 spiro atoms. The van der Waals surface area contributed by atoms with Crippen molar-refractivity contribution >= 4 is 61.7 Å². The van der Waals surface area contributed by atoms with Crippen LogP contribution < -0.4 is 5.32 Å². The molecule has 0 saturated carbocycles. The van der Waals surface area contributed by atoms with Crippen LogP contribution in [-0.4, -0.2) is 27.6 Å². The molecular weight excluding hydrogens is 384 g/mol. The van der Waals surface area contributed by atoms with Gasteiger partial charge in [0.15, 0.2) is 0 Å². The quantitative estimate of drug-likeness (QED) is 0.625. The summed E-state index contributed by atoms with van der Waals surface area (Å²) in [6.45, 7) is 2.61. The molecule has 0 bridgehead atoms. The van der Waals surface area contributed by atoms with Crippen molar-refractivity contribution in [1.82, 2.24) is 4.90 Å². The van der Waals surface area contributed by atoms with Crippen molar-refractivity contribution in [2.45, 2.75) is 19.3 Å². The van der Waals surface area contributed by atoms with Gasteiger partial charge in [0, 0.05) is 16.7 Å². The van der Waals surface area contributed by atoms with Gasteiger partial charge in [-0.15, -0.1) is 0 Å². The van der Waals surface area contributed by atoms with Crippen LogP contribution in [0.15, 0.2) is 33.7 Å². The zero-order chi connectivity index (χ0) is 15.9. The molecule has 2 aliphatic rings. The highest BCUT2D eigenvalue weighted by Crippen LogP contribution is 2.39. The number of hydrogen-bond donors (Lipinski definition) is 1. The fourth-order valence-corrected chi connectivity index (χ4v) is 4.20. The molecule has 2 aliphatic heterocycles. The first kappa shape index (κ1) is 15.7. The summed E-state index contributed by atoms with van der Waals surface area (Å²) in [6, 6.07) is 5.64. The van der Waals surface area contributed by atoms with Gasteiger partial charge in [0.2, 0.25) is 5.91 Å². The fraction of sp³-hybridized carbons (Fsp3) is 0.267. The summed E-state index contributed by atoms with van der Waals surface area (Å²) in [5.74, 6) is -0.676. The highest BCUT2D eigenvalue weighted by molar-refractivity contribution is 9.10. The number of carbonyl (C=O) groups excluding carboxylic acids is 2. The zero-order valence-corrected chi connectivity index (χ0v) is 15.0. The molecule has 1 N–H and O–H groups in total. The number of amides is 2. The Hall–Kier alpha value is -1.18. The van der Waals surface area contributed by atoms with Crippen LogP contribution in [0.3, 0.4) is 0 Å². The minimum Gasteiger partial charge on any atom is -0.325 e. The van der Waals surface area contributed by atoms with Gasteiger partial charge >= 0.3 is 0 Å². The summed E-state index contributed by atoms with van der Waals surface area (Å²) >= 11 is 9.93. The maximum Gasteiger partial charge on any atom is 0.265 e. The largest absolute Gasteiger partial charge is 0.325 e. The van der Waals surface area contributed by atoms with Crippen LogP contribution in [0, 0.1) is 0 Å². The Morgan fingerprint density at radius 3 is 2.95 bits per heavy atom. The molecule has 1 aromatic carbocycles. The number of nitrogens with zero attached hydrogens (tertiary/aromatic N) is 1. The summed E-state index contributed by atoms with van der Waals surface area (Å²) in [5, 5.41) is 2.84. The van der Waals surface area contributed by atoms with Crippen molar-refractivity contribution < 1.29 is 9.59 Å². The first-order valence-electron chi connectivity index (χ1n) is 6.87. The van der Waals surface area contributed by atoms with Crippen molar-refractivity contribution in [1.29, 1.82) is 0 Å². The number of anilines is 1. The Bertz CT molecular complexity index is 717. The average molecular weight is 397 g/mol. The molecule has 3 rings (SSSR count). The molecule has 1 saturated heterocycles. The van der Waals surface area contributed by atoms with Crippen LogP contribution >= 0.6 is 39.9 Å². The van der Waals surface area contributed by atoms with E-state index in [1.165, 1.54) is 11.8 Å². The van der Waals surface area contributed by atoms with Gasteiger partial charge < -0.3 is 5.32 Å². The van der Waals surface area contributed by atoms with Crippen LogP contribution in [0.4, 0.5) is 5.69 Å². The first-order chi connectivity index (χ1) is 10.5. The molecule has 22 heavy (non-hydrogen) atoms. The van der Waals surface area contributed by atoms with E-state index in [4.69, 9.17) is 12.2 Å². The van der Waals surface area contributed by atoms with E-state index in [0.29, 0.717) is 15.8 Å². The van der Waals surface area contributed by atoms with E-state index in [-0.39, 0.29) is 11.8 Å². The average Bonchev–Trinajstić information content (AvgIpc) is 2.92. The molecule has 1 atom stereocenters. The molecule has 2 heterocycles. The lowest BCUT2D eigenvalue weighted by molar-refractivity contribution is -0.122. The molecule has 1 fully saturated rings. The SMILES string of the molecule is CCCN1C(=O)/C(=C/[C@H]2C(=O)Nc3ccc(Br)cc32)SC1=S. The van der Waals surface area contributed by atoms with E-state index in [9.17, 15) is 9.59 Å². The Labute approximate surface area is 146 Å². The molecule has 0 aliphatic carbocycles. The number of thiocarbonyl (C=S) groups is 1. The Morgan fingerprint density at radius 2 is 2.23 bits per heavy atom. The number of halogens is 1. The third-order valence-electron chi connectivity index (χ3n) is 3.53. The predicted molar refractivity (Wildman–Crippen MR) is 95.8 cm³/mol. The van der Waals surface area contributed by atoms with Crippen LogP contribution in [0.1, 0.15) is 24.8 Å². The minimum atomic E-state index is -0.455. The number of benzene rings is 1. The summed E-state index contributed by atoms with van der Waals surface area (Å²) in [5.41, 5.74) is 1.67. The molecule has 114 valence electrons. The molecular formula is C15H13BrN2O2S2. The van der Waals surface area contributed by atoms with Crippen molar-refractivity contribution in [2.24, 2.45) is 0 Å². The number of fused-ring (bicyclic) bond motifs is 1. The van der Waals surface area contributed by atoms with E-state index in [2.05, 4.69) is 21.2 Å². The lowest BCUT2D eigenvalue weighted by Crippen LogP contribution is -2.28. The normalized spacial score (nSPS) is 22.5. The van der Waals surface area contributed by atoms with E-state index in [1.807, 2.05) is 25.1 Å². The van der Waals surface area contributed by atoms with Crippen LogP contribution in [-0.2, 0) is 9.59 Å². The van der Waals surface area contributed by atoms with E-state index in [0.717, 1.165) is 22.1 Å². The van der Waals surface area contributed by atoms with Crippen molar-refractivity contribution in [3.05, 3.63) is 39.2 Å². The number of rotatable bonds is 3. The molecule has 1 aromatic rings. The number of hydrogen-bond acceptors (Lipinski definition) is 4. The standard InChI is InChI=1S/C15H13BrN2O2S2/c1-2-5-18-14(20)12(22-15(18)21)7-10-9-6-8(16)3-4-11(9)17-13(10)19/h3-4,6-7,10H,2,5H2,1H3,(H,17,19)/b12-7-/t10-/m1/s1. The lowest BCUT2D eigenvalue weighted by atomic mass is 10.00. The van der Waals surface area contributed by atoms with Crippen LogP contribution in [0.25, 0.3) is 0 Å². The summed E-state index contributed by atoms with van der Waals surface area (Å²) in [6.07, 6.45) is 2.57. The van der Waals surface area contributed by atoms with Crippen molar-refractivity contribution in [3.63, 3.8) is 0 Å². The van der Waals surface area contributed by atoms with E-state index in [1.54, 1.807) is 11.0 Å². The Morgan fingerprint density at radius 1 is 1.45 bits per heavy atom. The summed E-state index contributed by atoms with van der Waals surface area (Å²) in [4.78, 5) is 26.7. The van der Waals surface area contributed by atoms with Gasteiger partial charge in [0.1, 0.15) is 4.32 Å². The smallest absolute Gasteiger partial charge is 0.265 e. The van der Waals surface area contributed by atoms with Gasteiger partial charge in [-0.3, -0.25) is 14.5 Å². The fourth-order valence-electron chi connectivity index (χ4n) is 2.50. The zero-order valence-electron chi connectivity index (χ0n) is 11.8. The molecule has 7 heteroatoms. The van der Waals surface area contributed by atoms with Gasteiger partial charge in [0.25, 0.3) is 5.91 Å². The third-order valence-corrected chi connectivity index (χ3v) is 5.42. The van der Waals surface area contributed by atoms with Gasteiger partial charge in [0.05, 0.1) is 10.8 Å². The predicted octanol–water partition coefficient (Wildman–Crippen LogP) is 3.64. The first-order valence-corrected chi connectivity index (χ1v) is 8.89. The number of thioether (sulfide) groups is 1. The highest BCUT2D eigenvalue weighted by atomic mass is 79.9. The second-order valence-corrected chi connectivity index (χ2v) is 7.65. The molecule has 2 amide bonds. The summed E-state index contributed by atoms with van der Waals surface area (Å²) in [7, 11) is 0. The molecule has 4 nitrogen and oxygen atoms in total. The van der Waals surface area contributed by atoms with Crippen LogP contribution in [0.2, 0.25) is 0 Å².